The molecule has 49 heavy (non-hydrogen) atoms. The molecule has 0 aromatic heterocycles. The molecule has 266 valence electrons. The zero-order valence-corrected chi connectivity index (χ0v) is 29.6. The Morgan fingerprint density at radius 2 is 1.41 bits per heavy atom. The van der Waals surface area contributed by atoms with Gasteiger partial charge in [-0.1, -0.05) is 118 Å². The van der Waals surface area contributed by atoms with Crippen LogP contribution >= 0.6 is 0 Å². The molecule has 0 saturated carbocycles. The minimum atomic E-state index is -4.02. The van der Waals surface area contributed by atoms with Gasteiger partial charge in [-0.05, 0) is 61.3 Å². The van der Waals surface area contributed by atoms with Crippen LogP contribution in [0.15, 0.2) is 95.9 Å². The molecule has 0 bridgehead atoms. The minimum Gasteiger partial charge on any atom is -0.320 e. The second kappa shape index (κ2) is 20.2. The van der Waals surface area contributed by atoms with Crippen molar-refractivity contribution in [3.05, 3.63) is 108 Å². The van der Waals surface area contributed by atoms with Crippen LogP contribution in [0.25, 0.3) is 6.08 Å². The lowest BCUT2D eigenvalue weighted by Crippen LogP contribution is -2.56. The van der Waals surface area contributed by atoms with Crippen LogP contribution in [-0.2, 0) is 30.9 Å². The fourth-order valence-electron chi connectivity index (χ4n) is 5.05. The lowest BCUT2D eigenvalue weighted by atomic mass is 9.82. The summed E-state index contributed by atoms with van der Waals surface area (Å²) in [5, 5.41) is 10.7. The Labute approximate surface area is 290 Å². The molecule has 6 N–H and O–H groups in total. The number of rotatable bonds is 14. The maximum atomic E-state index is 13.6. The highest BCUT2D eigenvalue weighted by atomic mass is 32.2. The summed E-state index contributed by atoms with van der Waals surface area (Å²) in [6.07, 6.45) is 4.65. The summed E-state index contributed by atoms with van der Waals surface area (Å²) in [4.78, 5) is 39.6. The third kappa shape index (κ3) is 14.7. The van der Waals surface area contributed by atoms with Crippen molar-refractivity contribution in [2.75, 3.05) is 6.54 Å². The van der Waals surface area contributed by atoms with Crippen LogP contribution in [0.2, 0.25) is 0 Å². The van der Waals surface area contributed by atoms with Gasteiger partial charge < -0.3 is 5.73 Å². The van der Waals surface area contributed by atoms with E-state index in [1.54, 1.807) is 17.6 Å². The SMILES string of the molecule is CC(C)C[C@@H](C(=O)NN(CC(C)C)C(=O)[C@H](N)Cc1ccccc1)[C@H](C/C=C/c1ccccc1)C(=O)NO.Cc1ccc(S(=O)(=O)O)cc1. The quantitative estimate of drug-likeness (QED) is 0.0868. The number of nitrogens with one attached hydrogen (secondary N) is 2. The van der Waals surface area contributed by atoms with Crippen molar-refractivity contribution in [3.8, 4) is 0 Å². The van der Waals surface area contributed by atoms with Crippen molar-refractivity contribution in [1.29, 1.82) is 0 Å². The van der Waals surface area contributed by atoms with Crippen molar-refractivity contribution < 1.29 is 32.6 Å². The van der Waals surface area contributed by atoms with Gasteiger partial charge in [0, 0.05) is 6.54 Å². The molecular weight excluding hydrogens is 644 g/mol. The first-order valence-corrected chi connectivity index (χ1v) is 17.7. The molecule has 3 amide bonds. The molecule has 0 fully saturated rings. The Hall–Kier alpha value is -4.36. The topological polar surface area (TPSA) is 179 Å². The molecule has 0 aliphatic heterocycles. The zero-order chi connectivity index (χ0) is 36.6. The van der Waals surface area contributed by atoms with Crippen molar-refractivity contribution in [3.63, 3.8) is 0 Å². The number of amides is 3. The van der Waals surface area contributed by atoms with E-state index < -0.39 is 45.7 Å². The van der Waals surface area contributed by atoms with Gasteiger partial charge >= 0.3 is 0 Å². The Bertz CT molecular complexity index is 1600. The Morgan fingerprint density at radius 1 is 0.837 bits per heavy atom. The molecule has 0 heterocycles. The maximum absolute atomic E-state index is 13.6. The monoisotopic (exact) mass is 694 g/mol. The molecular formula is C37H50N4O7S. The van der Waals surface area contributed by atoms with Crippen LogP contribution in [-0.4, -0.2) is 53.5 Å². The fourth-order valence-corrected chi connectivity index (χ4v) is 5.53. The van der Waals surface area contributed by atoms with Gasteiger partial charge in [-0.3, -0.25) is 34.6 Å². The number of benzene rings is 3. The lowest BCUT2D eigenvalue weighted by molar-refractivity contribution is -0.148. The van der Waals surface area contributed by atoms with Crippen molar-refractivity contribution in [2.45, 2.75) is 64.8 Å². The van der Waals surface area contributed by atoms with Gasteiger partial charge in [0.1, 0.15) is 0 Å². The summed E-state index contributed by atoms with van der Waals surface area (Å²) in [5.41, 5.74) is 13.6. The third-order valence-electron chi connectivity index (χ3n) is 7.49. The standard InChI is InChI=1S/C30H42N4O4.C7H8O3S/c1-21(2)18-26(25(29(36)33-38)17-11-16-23-12-7-5-8-13-23)28(35)32-34(20-22(3)4)30(37)27(31)19-24-14-9-6-10-15-24;1-6-2-4-7(5-3-6)11(8,9)10/h5-16,21-22,25-27,38H,17-20,31H2,1-4H3,(H,32,35)(H,33,36);2-5H,1H3,(H,8,9,10)/b16-11+;/t25-,26+,27+;/m0./s1. The average Bonchev–Trinajstić information content (AvgIpc) is 3.05. The van der Waals surface area contributed by atoms with Crippen LogP contribution in [0.1, 0.15) is 57.2 Å². The maximum Gasteiger partial charge on any atom is 0.294 e. The number of aryl methyl sites for hydroxylation is 1. The van der Waals surface area contributed by atoms with E-state index in [1.807, 2.05) is 107 Å². The van der Waals surface area contributed by atoms with E-state index in [2.05, 4.69) is 5.43 Å². The first-order chi connectivity index (χ1) is 23.1. The normalized spacial score (nSPS) is 13.3. The number of carbonyl (C=O) groups excluding carboxylic acids is 3. The number of hydroxylamine groups is 1. The molecule has 0 radical (unpaired) electrons. The predicted octanol–water partition coefficient (Wildman–Crippen LogP) is 5.20. The largest absolute Gasteiger partial charge is 0.320 e. The highest BCUT2D eigenvalue weighted by Crippen LogP contribution is 2.26. The van der Waals surface area contributed by atoms with Gasteiger partial charge in [0.05, 0.1) is 22.8 Å². The molecule has 12 heteroatoms. The molecule has 0 unspecified atom stereocenters. The van der Waals surface area contributed by atoms with E-state index in [4.69, 9.17) is 10.3 Å². The second-order valence-corrected chi connectivity index (χ2v) is 14.2. The van der Waals surface area contributed by atoms with E-state index in [0.29, 0.717) is 12.8 Å². The van der Waals surface area contributed by atoms with Gasteiger partial charge in [0.25, 0.3) is 16.0 Å². The van der Waals surface area contributed by atoms with Crippen LogP contribution < -0.4 is 16.6 Å². The Morgan fingerprint density at radius 3 is 1.92 bits per heavy atom. The molecule has 0 aliphatic rings. The molecule has 0 saturated heterocycles. The predicted molar refractivity (Wildman–Crippen MR) is 190 cm³/mol. The van der Waals surface area contributed by atoms with E-state index in [0.717, 1.165) is 16.7 Å². The summed E-state index contributed by atoms with van der Waals surface area (Å²) in [5.74, 6) is -2.96. The lowest BCUT2D eigenvalue weighted by Gasteiger charge is -2.32. The summed E-state index contributed by atoms with van der Waals surface area (Å²) < 4.78 is 29.6. The van der Waals surface area contributed by atoms with Gasteiger partial charge in [0.2, 0.25) is 11.8 Å². The van der Waals surface area contributed by atoms with E-state index in [1.165, 1.54) is 17.1 Å². The van der Waals surface area contributed by atoms with Gasteiger partial charge in [-0.25, -0.2) is 5.48 Å². The van der Waals surface area contributed by atoms with Gasteiger partial charge in [-0.15, -0.1) is 0 Å². The first-order valence-electron chi connectivity index (χ1n) is 16.2. The smallest absolute Gasteiger partial charge is 0.294 e. The average molecular weight is 695 g/mol. The summed E-state index contributed by atoms with van der Waals surface area (Å²) >= 11 is 0. The van der Waals surface area contributed by atoms with Crippen LogP contribution in [0.4, 0.5) is 0 Å². The van der Waals surface area contributed by atoms with Crippen molar-refractivity contribution >= 4 is 33.9 Å². The van der Waals surface area contributed by atoms with Crippen molar-refractivity contribution in [1.82, 2.24) is 15.9 Å². The number of allylic oxidation sites excluding steroid dienone is 1. The number of hydrogen-bond donors (Lipinski definition) is 5. The molecule has 3 rings (SSSR count). The summed E-state index contributed by atoms with van der Waals surface area (Å²) in [6, 6.07) is 24.2. The second-order valence-electron chi connectivity index (χ2n) is 12.8. The fraction of sp³-hybridized carbons (Fsp3) is 0.378. The molecule has 3 atom stereocenters. The van der Waals surface area contributed by atoms with E-state index in [-0.39, 0.29) is 29.7 Å². The van der Waals surface area contributed by atoms with Gasteiger partial charge in [0.15, 0.2) is 0 Å². The number of nitrogens with two attached hydrogens (primary N) is 1. The molecule has 3 aromatic carbocycles. The Kier molecular flexibility index (Phi) is 16.8. The van der Waals surface area contributed by atoms with Crippen LogP contribution in [0.5, 0.6) is 0 Å². The Balaban J connectivity index is 0.000000639. The van der Waals surface area contributed by atoms with Crippen molar-refractivity contribution in [2.24, 2.45) is 29.4 Å². The van der Waals surface area contributed by atoms with E-state index in [9.17, 15) is 28.0 Å². The number of hydrazine groups is 1. The number of carbonyl (C=O) groups is 3. The number of hydrogen-bond acceptors (Lipinski definition) is 7. The highest BCUT2D eigenvalue weighted by molar-refractivity contribution is 7.85. The minimum absolute atomic E-state index is 0.0666. The third-order valence-corrected chi connectivity index (χ3v) is 8.36. The molecule has 0 spiro atoms. The van der Waals surface area contributed by atoms with Crippen LogP contribution in [0, 0.1) is 30.6 Å². The zero-order valence-electron chi connectivity index (χ0n) is 28.8. The molecule has 0 aliphatic carbocycles. The number of nitrogens with zero attached hydrogens (tertiary/aromatic N) is 1. The summed E-state index contributed by atoms with van der Waals surface area (Å²) in [6.45, 7) is 9.91. The van der Waals surface area contributed by atoms with Gasteiger partial charge in [-0.2, -0.15) is 8.42 Å². The molecule has 3 aromatic rings. The first kappa shape index (κ1) is 40.8. The van der Waals surface area contributed by atoms with E-state index >= 15 is 0 Å². The van der Waals surface area contributed by atoms with Crippen LogP contribution in [0.3, 0.4) is 0 Å². The highest BCUT2D eigenvalue weighted by Gasteiger charge is 2.35. The molecule has 11 nitrogen and oxygen atoms in total. The summed E-state index contributed by atoms with van der Waals surface area (Å²) in [7, 11) is -4.02.